The molecule has 6 heteroatoms. The molecular weight excluding hydrogens is 592 g/mol. The van der Waals surface area contributed by atoms with Crippen LogP contribution in [-0.2, 0) is 0 Å². The highest BCUT2D eigenvalue weighted by atomic mass is 16.3. The maximum atomic E-state index is 6.53. The molecule has 0 spiro atoms. The maximum Gasteiger partial charge on any atom is 0.166 e. The number of hydrogen-bond donors (Lipinski definition) is 0. The molecule has 6 aromatic carbocycles. The van der Waals surface area contributed by atoms with Gasteiger partial charge in [0.25, 0.3) is 0 Å². The van der Waals surface area contributed by atoms with Crippen molar-refractivity contribution >= 4 is 54.6 Å². The molecule has 0 saturated carbocycles. The lowest BCUT2D eigenvalue weighted by Gasteiger charge is -2.11. The molecule has 0 radical (unpaired) electrons. The van der Waals surface area contributed by atoms with E-state index >= 15 is 0 Å². The molecule has 0 aliphatic heterocycles. The summed E-state index contributed by atoms with van der Waals surface area (Å²) in [6.07, 6.45) is 1.86. The third-order valence-corrected chi connectivity index (χ3v) is 8.98. The molecule has 4 heterocycles. The Morgan fingerprint density at radius 1 is 0.417 bits per heavy atom. The van der Waals surface area contributed by atoms with E-state index in [1.54, 1.807) is 0 Å². The van der Waals surface area contributed by atoms with Gasteiger partial charge in [-0.1, -0.05) is 115 Å². The first kappa shape index (κ1) is 26.5. The summed E-state index contributed by atoms with van der Waals surface area (Å²) in [7, 11) is 0. The van der Waals surface area contributed by atoms with E-state index in [2.05, 4.69) is 42.5 Å². The van der Waals surface area contributed by atoms with Crippen molar-refractivity contribution in [2.24, 2.45) is 0 Å². The quantitative estimate of drug-likeness (QED) is 0.196. The zero-order chi connectivity index (χ0) is 31.6. The van der Waals surface area contributed by atoms with Crippen molar-refractivity contribution in [1.82, 2.24) is 19.9 Å². The van der Waals surface area contributed by atoms with Crippen LogP contribution < -0.4 is 0 Å². The molecule has 0 aliphatic carbocycles. The smallest absolute Gasteiger partial charge is 0.166 e. The van der Waals surface area contributed by atoms with Gasteiger partial charge in [-0.05, 0) is 35.0 Å². The second-order valence-corrected chi connectivity index (χ2v) is 11.8. The lowest BCUT2D eigenvalue weighted by molar-refractivity contribution is 0.668. The standard InChI is InChI=1S/C42H24N4O2/c1-2-12-26(13-3-1)38-39-37(30-16-7-9-19-34(30)48-39)32(24-43-38)42-45-40(28-22-21-25-11-4-5-14-27(25)23-28)44-41(46-42)31-17-10-20-35-36(31)29-15-6-8-18-33(29)47-35/h1-24H. The van der Waals surface area contributed by atoms with Crippen LogP contribution in [0, 0.1) is 0 Å². The molecule has 0 fully saturated rings. The van der Waals surface area contributed by atoms with Crippen molar-refractivity contribution < 1.29 is 8.83 Å². The van der Waals surface area contributed by atoms with Gasteiger partial charge in [0, 0.05) is 50.0 Å². The predicted molar refractivity (Wildman–Crippen MR) is 191 cm³/mol. The Kier molecular flexibility index (Phi) is 5.77. The first-order chi connectivity index (χ1) is 23.8. The lowest BCUT2D eigenvalue weighted by Crippen LogP contribution is -2.01. The normalized spacial score (nSPS) is 11.8. The molecule has 0 amide bonds. The average molecular weight is 617 g/mol. The number of aromatic nitrogens is 4. The zero-order valence-electron chi connectivity index (χ0n) is 25.5. The largest absolute Gasteiger partial charge is 0.456 e. The van der Waals surface area contributed by atoms with E-state index in [4.69, 9.17) is 28.8 Å². The molecule has 0 aliphatic rings. The minimum absolute atomic E-state index is 0.511. The van der Waals surface area contributed by atoms with Crippen molar-refractivity contribution in [2.45, 2.75) is 0 Å². The van der Waals surface area contributed by atoms with E-state index in [1.165, 1.54) is 0 Å². The second-order valence-electron chi connectivity index (χ2n) is 11.8. The summed E-state index contributed by atoms with van der Waals surface area (Å²) in [6.45, 7) is 0. The van der Waals surface area contributed by atoms with E-state index in [9.17, 15) is 0 Å². The third kappa shape index (κ3) is 4.13. The van der Waals surface area contributed by atoms with Crippen LogP contribution in [-0.4, -0.2) is 19.9 Å². The molecule has 4 aromatic heterocycles. The highest BCUT2D eigenvalue weighted by Crippen LogP contribution is 2.41. The Bertz CT molecular complexity index is 2850. The summed E-state index contributed by atoms with van der Waals surface area (Å²) in [5.74, 6) is 1.63. The molecule has 0 bridgehead atoms. The van der Waals surface area contributed by atoms with E-state index in [0.717, 1.165) is 77.0 Å². The highest BCUT2D eigenvalue weighted by Gasteiger charge is 2.23. The van der Waals surface area contributed by atoms with Gasteiger partial charge in [0.15, 0.2) is 23.1 Å². The van der Waals surface area contributed by atoms with Crippen molar-refractivity contribution in [3.05, 3.63) is 146 Å². The monoisotopic (exact) mass is 616 g/mol. The number of rotatable bonds is 4. The SMILES string of the molecule is c1ccc(-c2ncc(-c3nc(-c4ccc5ccccc5c4)nc(-c4cccc5oc6ccccc6c45)n3)c3c2oc2ccccc23)cc1. The van der Waals surface area contributed by atoms with Crippen molar-refractivity contribution in [1.29, 1.82) is 0 Å². The van der Waals surface area contributed by atoms with Gasteiger partial charge >= 0.3 is 0 Å². The van der Waals surface area contributed by atoms with Gasteiger partial charge in [-0.25, -0.2) is 15.0 Å². The molecule has 0 atom stereocenters. The number of hydrogen-bond acceptors (Lipinski definition) is 6. The van der Waals surface area contributed by atoms with Gasteiger partial charge in [-0.15, -0.1) is 0 Å². The number of nitrogens with zero attached hydrogens (tertiary/aromatic N) is 4. The number of furan rings is 2. The van der Waals surface area contributed by atoms with E-state index < -0.39 is 0 Å². The summed E-state index contributed by atoms with van der Waals surface area (Å²) in [4.78, 5) is 20.4. The summed E-state index contributed by atoms with van der Waals surface area (Å²) >= 11 is 0. The Labute approximate surface area is 274 Å². The fourth-order valence-electron chi connectivity index (χ4n) is 6.74. The molecule has 6 nitrogen and oxygen atoms in total. The van der Waals surface area contributed by atoms with Crippen LogP contribution in [0.2, 0.25) is 0 Å². The molecule has 10 aromatic rings. The number of fused-ring (bicyclic) bond motifs is 7. The topological polar surface area (TPSA) is 77.8 Å². The van der Waals surface area contributed by atoms with Gasteiger partial charge in [0.2, 0.25) is 0 Å². The summed E-state index contributed by atoms with van der Waals surface area (Å²) in [5, 5.41) is 6.11. The minimum atomic E-state index is 0.511. The number of para-hydroxylation sites is 2. The van der Waals surface area contributed by atoms with Crippen LogP contribution >= 0.6 is 0 Å². The number of benzene rings is 6. The Balaban J connectivity index is 1.29. The molecule has 0 saturated heterocycles. The summed E-state index contributed by atoms with van der Waals surface area (Å²) in [5.41, 5.74) is 7.33. The van der Waals surface area contributed by atoms with E-state index in [1.807, 2.05) is 103 Å². The maximum absolute atomic E-state index is 6.53. The van der Waals surface area contributed by atoms with Gasteiger partial charge in [0.05, 0.1) is 0 Å². The molecular formula is C42H24N4O2. The van der Waals surface area contributed by atoms with Crippen LogP contribution in [0.4, 0.5) is 0 Å². The van der Waals surface area contributed by atoms with Crippen LogP contribution in [0.5, 0.6) is 0 Å². The minimum Gasteiger partial charge on any atom is -0.456 e. The van der Waals surface area contributed by atoms with Crippen molar-refractivity contribution in [3.8, 4) is 45.4 Å². The van der Waals surface area contributed by atoms with Crippen molar-refractivity contribution in [2.75, 3.05) is 0 Å². The molecule has 0 N–H and O–H groups in total. The Hall–Kier alpha value is -6.66. The Morgan fingerprint density at radius 2 is 1.06 bits per heavy atom. The predicted octanol–water partition coefficient (Wildman–Crippen LogP) is 10.9. The summed E-state index contributed by atoms with van der Waals surface area (Å²) in [6, 6.07) is 46.8. The fraction of sp³-hybridized carbons (Fsp3) is 0. The van der Waals surface area contributed by atoms with Crippen LogP contribution in [0.15, 0.2) is 155 Å². The summed E-state index contributed by atoms with van der Waals surface area (Å²) < 4.78 is 12.8. The number of pyridine rings is 1. The van der Waals surface area contributed by atoms with Crippen molar-refractivity contribution in [3.63, 3.8) is 0 Å². The van der Waals surface area contributed by atoms with Crippen LogP contribution in [0.25, 0.3) is 100 Å². The zero-order valence-corrected chi connectivity index (χ0v) is 25.5. The Morgan fingerprint density at radius 3 is 1.90 bits per heavy atom. The van der Waals surface area contributed by atoms with Gasteiger partial charge in [-0.2, -0.15) is 0 Å². The van der Waals surface area contributed by atoms with Gasteiger partial charge in [-0.3, -0.25) is 4.98 Å². The molecule has 10 rings (SSSR count). The van der Waals surface area contributed by atoms with Crippen LogP contribution in [0.1, 0.15) is 0 Å². The second kappa shape index (κ2) is 10.4. The molecule has 0 unspecified atom stereocenters. The highest BCUT2D eigenvalue weighted by molar-refractivity contribution is 6.15. The van der Waals surface area contributed by atoms with Gasteiger partial charge < -0.3 is 8.83 Å². The van der Waals surface area contributed by atoms with E-state index in [0.29, 0.717) is 23.1 Å². The first-order valence-electron chi connectivity index (χ1n) is 15.8. The molecule has 48 heavy (non-hydrogen) atoms. The molecule has 224 valence electrons. The van der Waals surface area contributed by atoms with Crippen LogP contribution in [0.3, 0.4) is 0 Å². The fourth-order valence-corrected chi connectivity index (χ4v) is 6.74. The first-order valence-corrected chi connectivity index (χ1v) is 15.8. The average Bonchev–Trinajstić information content (AvgIpc) is 3.74. The third-order valence-electron chi connectivity index (χ3n) is 8.98. The van der Waals surface area contributed by atoms with E-state index in [-0.39, 0.29) is 0 Å². The van der Waals surface area contributed by atoms with Gasteiger partial charge in [0.1, 0.15) is 22.4 Å². The lowest BCUT2D eigenvalue weighted by atomic mass is 10.0.